The van der Waals surface area contributed by atoms with Crippen molar-refractivity contribution in [3.63, 3.8) is 0 Å². The summed E-state index contributed by atoms with van der Waals surface area (Å²) in [5, 5.41) is -4.21. The van der Waals surface area contributed by atoms with Gasteiger partial charge in [0.05, 0.1) is 0 Å². The van der Waals surface area contributed by atoms with Crippen molar-refractivity contribution in [1.82, 2.24) is 0 Å². The maximum atomic E-state index is 14.0. The molecular formula is C20H37F3GeO3Zr. The van der Waals surface area contributed by atoms with Crippen LogP contribution in [0.1, 0.15) is 68.7 Å². The van der Waals surface area contributed by atoms with Crippen molar-refractivity contribution in [3.8, 4) is 0 Å². The summed E-state index contributed by atoms with van der Waals surface area (Å²) in [5.41, 5.74) is -1.83. The van der Waals surface area contributed by atoms with E-state index in [1.165, 1.54) is 11.5 Å². The molecule has 1 rings (SSSR count). The first kappa shape index (κ1) is 26.6. The first-order valence-electron chi connectivity index (χ1n) is 9.68. The third kappa shape index (κ3) is 7.07. The normalized spacial score (nSPS) is 17.6. The SMILES string of the molecule is CC(C)(C)[O][Zr]([O]C(C)(C)C)([O]C(C)(C)C)[C]1=[C]([Ge]([CH3])([CH3])[C](F)(F)F)C=CC1. The zero-order valence-corrected chi connectivity index (χ0v) is 23.8. The van der Waals surface area contributed by atoms with Crippen LogP contribution in [0.2, 0.25) is 11.5 Å². The Hall–Kier alpha value is 0.576. The standard InChI is InChI=1S/C8H10F3Ge.3C4H9O.Zr/c1-12(2,8(9,10)11)7-5-3-4-6-7;3*1-4(2,3)5;/h3,5H,4H2,1-2H3;3*1-3H3;/q;3*-1;+3. The van der Waals surface area contributed by atoms with Crippen molar-refractivity contribution in [2.24, 2.45) is 0 Å². The Kier molecular flexibility index (Phi) is 7.84. The van der Waals surface area contributed by atoms with Gasteiger partial charge < -0.3 is 0 Å². The van der Waals surface area contributed by atoms with Crippen LogP contribution in [-0.4, -0.2) is 35.1 Å². The van der Waals surface area contributed by atoms with Gasteiger partial charge in [-0.2, -0.15) is 0 Å². The molecule has 0 N–H and O–H groups in total. The minimum atomic E-state index is -4.65. The van der Waals surface area contributed by atoms with E-state index >= 15 is 0 Å². The van der Waals surface area contributed by atoms with Crippen LogP contribution in [0.5, 0.6) is 0 Å². The van der Waals surface area contributed by atoms with E-state index in [1.54, 1.807) is 12.2 Å². The van der Waals surface area contributed by atoms with Crippen LogP contribution in [0, 0.1) is 0 Å². The monoisotopic (exact) mass is 546 g/mol. The number of allylic oxidation sites excluding steroid dienone is 4. The summed E-state index contributed by atoms with van der Waals surface area (Å²) in [6.45, 7) is 17.1. The molecule has 0 aromatic heterocycles. The minimum absolute atomic E-state index is 0.401. The maximum absolute atomic E-state index is 14.0. The molecule has 0 saturated carbocycles. The van der Waals surface area contributed by atoms with Gasteiger partial charge in [0.25, 0.3) is 0 Å². The Morgan fingerprint density at radius 1 is 0.786 bits per heavy atom. The molecule has 0 aliphatic heterocycles. The second-order valence-corrected chi connectivity index (χ2v) is 25.7. The van der Waals surface area contributed by atoms with E-state index < -0.39 is 56.7 Å². The van der Waals surface area contributed by atoms with E-state index in [0.29, 0.717) is 14.1 Å². The molecule has 1 aliphatic carbocycles. The third-order valence-electron chi connectivity index (χ3n) is 4.00. The fourth-order valence-electron chi connectivity index (χ4n) is 2.99. The van der Waals surface area contributed by atoms with Crippen molar-refractivity contribution >= 4 is 13.3 Å². The molecule has 0 fully saturated rings. The van der Waals surface area contributed by atoms with Crippen LogP contribution in [0.15, 0.2) is 19.8 Å². The molecule has 164 valence electrons. The Morgan fingerprint density at radius 3 is 1.43 bits per heavy atom. The van der Waals surface area contributed by atoms with Crippen LogP contribution in [0.4, 0.5) is 13.2 Å². The number of hydrogen-bond acceptors (Lipinski definition) is 3. The Balaban J connectivity index is 3.79. The quantitative estimate of drug-likeness (QED) is 0.352. The van der Waals surface area contributed by atoms with E-state index in [4.69, 9.17) is 8.44 Å². The van der Waals surface area contributed by atoms with Crippen LogP contribution in [0.3, 0.4) is 0 Å². The number of hydrogen-bond donors (Lipinski definition) is 0. The van der Waals surface area contributed by atoms with Gasteiger partial charge in [0, 0.05) is 0 Å². The number of alkyl halides is 3. The molecular weight excluding hydrogens is 509 g/mol. The van der Waals surface area contributed by atoms with Gasteiger partial charge >= 0.3 is 178 Å². The third-order valence-corrected chi connectivity index (χ3v) is 21.6. The average Bonchev–Trinajstić information content (AvgIpc) is 2.79. The summed E-state index contributed by atoms with van der Waals surface area (Å²) in [5.74, 6) is 2.79. The van der Waals surface area contributed by atoms with E-state index in [1.807, 2.05) is 62.3 Å². The van der Waals surface area contributed by atoms with Gasteiger partial charge in [-0.05, 0) is 0 Å². The molecule has 0 aromatic carbocycles. The van der Waals surface area contributed by atoms with Gasteiger partial charge in [0.2, 0.25) is 0 Å². The summed E-state index contributed by atoms with van der Waals surface area (Å²) >= 11 is -9.03. The van der Waals surface area contributed by atoms with Crippen LogP contribution in [0.25, 0.3) is 0 Å². The van der Waals surface area contributed by atoms with Crippen molar-refractivity contribution in [1.29, 1.82) is 0 Å². The second kappa shape index (κ2) is 8.25. The summed E-state index contributed by atoms with van der Waals surface area (Å²) in [4.78, 5) is 0. The van der Waals surface area contributed by atoms with E-state index in [9.17, 15) is 13.2 Å². The van der Waals surface area contributed by atoms with Gasteiger partial charge in [-0.15, -0.1) is 0 Å². The van der Waals surface area contributed by atoms with Gasteiger partial charge in [0.1, 0.15) is 0 Å². The first-order valence-corrected chi connectivity index (χ1v) is 20.2. The van der Waals surface area contributed by atoms with Crippen LogP contribution < -0.4 is 0 Å². The summed E-state index contributed by atoms with van der Waals surface area (Å²) < 4.78 is 62.6. The zero-order chi connectivity index (χ0) is 22.4. The number of rotatable bonds is 5. The Labute approximate surface area is 177 Å². The molecule has 0 unspecified atom stereocenters. The first-order chi connectivity index (χ1) is 12.1. The van der Waals surface area contributed by atoms with Gasteiger partial charge in [0.15, 0.2) is 0 Å². The van der Waals surface area contributed by atoms with E-state index in [-0.39, 0.29) is 0 Å². The fraction of sp³-hybridized carbons (Fsp3) is 0.800. The molecule has 0 aromatic rings. The molecule has 0 bridgehead atoms. The molecule has 0 amide bonds. The molecule has 8 heteroatoms. The summed E-state index contributed by atoms with van der Waals surface area (Å²) in [6, 6.07) is 0. The molecule has 0 spiro atoms. The van der Waals surface area contributed by atoms with E-state index in [2.05, 4.69) is 0 Å². The average molecular weight is 546 g/mol. The molecule has 0 radical (unpaired) electrons. The second-order valence-electron chi connectivity index (χ2n) is 10.8. The molecule has 0 heterocycles. The topological polar surface area (TPSA) is 27.7 Å². The van der Waals surface area contributed by atoms with Gasteiger partial charge in [-0.1, -0.05) is 0 Å². The molecule has 28 heavy (non-hydrogen) atoms. The van der Waals surface area contributed by atoms with Crippen molar-refractivity contribution in [2.75, 3.05) is 0 Å². The molecule has 3 nitrogen and oxygen atoms in total. The van der Waals surface area contributed by atoms with Crippen LogP contribution in [-0.2, 0) is 30.0 Å². The Bertz CT molecular complexity index is 592. The predicted molar refractivity (Wildman–Crippen MR) is 107 cm³/mol. The molecule has 0 atom stereocenters. The zero-order valence-electron chi connectivity index (χ0n) is 19.2. The molecule has 1 aliphatic rings. The van der Waals surface area contributed by atoms with Crippen molar-refractivity contribution < 1.29 is 43.2 Å². The van der Waals surface area contributed by atoms with Gasteiger partial charge in [-0.3, -0.25) is 0 Å². The molecule has 0 saturated heterocycles. The van der Waals surface area contributed by atoms with Gasteiger partial charge in [-0.25, -0.2) is 0 Å². The fourth-order valence-corrected chi connectivity index (χ4v) is 21.5. The predicted octanol–water partition coefficient (Wildman–Crippen LogP) is 6.89. The van der Waals surface area contributed by atoms with Crippen molar-refractivity contribution in [3.05, 3.63) is 19.8 Å². The van der Waals surface area contributed by atoms with Crippen molar-refractivity contribution in [2.45, 2.75) is 102 Å². The van der Waals surface area contributed by atoms with E-state index in [0.717, 1.165) is 0 Å². The summed E-state index contributed by atoms with van der Waals surface area (Å²) in [7, 11) is 0. The Morgan fingerprint density at radius 2 is 1.14 bits per heavy atom. The summed E-state index contributed by atoms with van der Waals surface area (Å²) in [6.07, 6.45) is 3.86. The number of halogens is 3. The van der Waals surface area contributed by atoms with Crippen LogP contribution >= 0.6 is 0 Å².